The fourth-order valence-corrected chi connectivity index (χ4v) is 3.90. The van der Waals surface area contributed by atoms with Crippen molar-refractivity contribution in [2.45, 2.75) is 31.2 Å². The fourth-order valence-electron chi connectivity index (χ4n) is 1.85. The van der Waals surface area contributed by atoms with Gasteiger partial charge in [0.1, 0.15) is 10.7 Å². The molecule has 1 heterocycles. The van der Waals surface area contributed by atoms with Crippen LogP contribution >= 0.6 is 15.9 Å². The summed E-state index contributed by atoms with van der Waals surface area (Å²) in [6.45, 7) is 4.23. The molecule has 0 saturated carbocycles. The third kappa shape index (κ3) is 3.66. The molecule has 2 aromatic rings. The third-order valence-electron chi connectivity index (χ3n) is 3.00. The second-order valence-corrected chi connectivity index (χ2v) is 7.31. The molecule has 0 unspecified atom stereocenters. The summed E-state index contributed by atoms with van der Waals surface area (Å²) in [7, 11) is -3.72. The Kier molecular flexibility index (Phi) is 4.75. The zero-order valence-corrected chi connectivity index (χ0v) is 14.2. The van der Waals surface area contributed by atoms with Gasteiger partial charge in [0.2, 0.25) is 0 Å². The molecule has 0 bridgehead atoms. The van der Waals surface area contributed by atoms with E-state index in [4.69, 9.17) is 10.2 Å². The van der Waals surface area contributed by atoms with E-state index in [2.05, 4.69) is 20.7 Å². The first-order chi connectivity index (χ1) is 9.83. The largest absolute Gasteiger partial charge is 0.452 e. The number of rotatable bonds is 5. The summed E-state index contributed by atoms with van der Waals surface area (Å²) in [5.41, 5.74) is 7.03. The summed E-state index contributed by atoms with van der Waals surface area (Å²) in [4.78, 5) is 0.0397. The molecule has 2 rings (SSSR count). The average Bonchev–Trinajstić information content (AvgIpc) is 2.80. The van der Waals surface area contributed by atoms with E-state index in [1.807, 2.05) is 32.0 Å². The average molecular weight is 373 g/mol. The van der Waals surface area contributed by atoms with E-state index in [1.54, 1.807) is 6.07 Å². The number of hydrogen-bond acceptors (Lipinski definition) is 4. The Bertz CT molecular complexity index is 738. The smallest absolute Gasteiger partial charge is 0.266 e. The van der Waals surface area contributed by atoms with Crippen LogP contribution in [0.4, 0.5) is 5.69 Å². The predicted molar refractivity (Wildman–Crippen MR) is 85.6 cm³/mol. The number of furan rings is 1. The van der Waals surface area contributed by atoms with Crippen LogP contribution < -0.4 is 10.5 Å². The zero-order valence-electron chi connectivity index (χ0n) is 11.8. The second-order valence-electron chi connectivity index (χ2n) is 4.94. The van der Waals surface area contributed by atoms with Crippen LogP contribution in [-0.2, 0) is 16.6 Å². The van der Waals surface area contributed by atoms with Crippen molar-refractivity contribution in [3.05, 3.63) is 46.3 Å². The van der Waals surface area contributed by atoms with Crippen molar-refractivity contribution in [3.63, 3.8) is 0 Å². The Hall–Kier alpha value is -1.31. The first-order valence-electron chi connectivity index (χ1n) is 6.44. The molecule has 0 atom stereocenters. The lowest BCUT2D eigenvalue weighted by Gasteiger charge is -2.10. The van der Waals surface area contributed by atoms with Gasteiger partial charge in [-0.3, -0.25) is 4.72 Å². The number of nitrogens with one attached hydrogen (secondary N) is 1. The van der Waals surface area contributed by atoms with Crippen LogP contribution in [-0.4, -0.2) is 8.42 Å². The van der Waals surface area contributed by atoms with Crippen molar-refractivity contribution in [2.24, 2.45) is 5.73 Å². The van der Waals surface area contributed by atoms with Gasteiger partial charge in [0.05, 0.1) is 6.54 Å². The highest BCUT2D eigenvalue weighted by Crippen LogP contribution is 2.28. The zero-order chi connectivity index (χ0) is 15.6. The maximum atomic E-state index is 12.4. The minimum Gasteiger partial charge on any atom is -0.452 e. The Morgan fingerprint density at radius 1 is 1.33 bits per heavy atom. The molecule has 0 aliphatic heterocycles. The molecule has 1 aromatic heterocycles. The summed E-state index contributed by atoms with van der Waals surface area (Å²) in [5, 5.41) is 0. The van der Waals surface area contributed by atoms with Gasteiger partial charge in [0.15, 0.2) is 4.67 Å². The molecule has 0 radical (unpaired) electrons. The maximum absolute atomic E-state index is 12.4. The van der Waals surface area contributed by atoms with E-state index in [9.17, 15) is 8.42 Å². The third-order valence-corrected chi connectivity index (χ3v) is 5.24. The minimum absolute atomic E-state index is 0.0397. The first-order valence-corrected chi connectivity index (χ1v) is 8.72. The molecule has 0 aliphatic rings. The molecule has 7 heteroatoms. The summed E-state index contributed by atoms with van der Waals surface area (Å²) in [6, 6.07) is 8.73. The van der Waals surface area contributed by atoms with E-state index in [-0.39, 0.29) is 16.1 Å². The number of sulfonamides is 1. The summed E-state index contributed by atoms with van der Waals surface area (Å²) in [6.07, 6.45) is 0. The van der Waals surface area contributed by atoms with Gasteiger partial charge in [-0.25, -0.2) is 8.42 Å². The van der Waals surface area contributed by atoms with Gasteiger partial charge in [-0.2, -0.15) is 0 Å². The summed E-state index contributed by atoms with van der Waals surface area (Å²) < 4.78 is 32.7. The van der Waals surface area contributed by atoms with E-state index in [0.717, 1.165) is 5.56 Å². The van der Waals surface area contributed by atoms with E-state index in [0.29, 0.717) is 17.4 Å². The van der Waals surface area contributed by atoms with Crippen LogP contribution in [0.25, 0.3) is 0 Å². The van der Waals surface area contributed by atoms with Crippen LogP contribution in [0, 0.1) is 0 Å². The van der Waals surface area contributed by atoms with Crippen molar-refractivity contribution in [2.75, 3.05) is 4.72 Å². The van der Waals surface area contributed by atoms with Crippen molar-refractivity contribution < 1.29 is 12.8 Å². The molecular formula is C14H17BrN2O3S. The molecule has 0 fully saturated rings. The normalized spacial score (nSPS) is 11.9. The van der Waals surface area contributed by atoms with Gasteiger partial charge in [-0.05, 0) is 39.5 Å². The quantitative estimate of drug-likeness (QED) is 0.841. The van der Waals surface area contributed by atoms with Gasteiger partial charge >= 0.3 is 0 Å². The summed E-state index contributed by atoms with van der Waals surface area (Å²) in [5.74, 6) is 0.720. The van der Waals surface area contributed by atoms with Crippen molar-refractivity contribution in [1.29, 1.82) is 0 Å². The van der Waals surface area contributed by atoms with Crippen molar-refractivity contribution >= 4 is 31.6 Å². The molecule has 114 valence electrons. The Morgan fingerprint density at radius 3 is 2.62 bits per heavy atom. The van der Waals surface area contributed by atoms with Gasteiger partial charge in [0.25, 0.3) is 10.0 Å². The number of benzene rings is 1. The van der Waals surface area contributed by atoms with Crippen LogP contribution in [0.2, 0.25) is 0 Å². The van der Waals surface area contributed by atoms with Gasteiger partial charge in [-0.15, -0.1) is 0 Å². The highest BCUT2D eigenvalue weighted by Gasteiger charge is 2.22. The maximum Gasteiger partial charge on any atom is 0.266 e. The molecule has 0 amide bonds. The number of halogens is 1. The molecular weight excluding hydrogens is 356 g/mol. The molecule has 3 N–H and O–H groups in total. The topological polar surface area (TPSA) is 85.3 Å². The van der Waals surface area contributed by atoms with Crippen molar-refractivity contribution in [3.8, 4) is 0 Å². The Morgan fingerprint density at radius 2 is 2.05 bits per heavy atom. The molecule has 0 spiro atoms. The standard InChI is InChI=1S/C14H17BrN2O3S/c1-9(2)10-4-3-5-11(6-10)17-21(18,19)13-7-12(8-16)20-14(13)15/h3-7,9,17H,8,16H2,1-2H3. The van der Waals surface area contributed by atoms with Crippen LogP contribution in [0.15, 0.2) is 44.3 Å². The first kappa shape index (κ1) is 16.1. The predicted octanol–water partition coefficient (Wildman–Crippen LogP) is 3.43. The van der Waals surface area contributed by atoms with E-state index >= 15 is 0 Å². The number of anilines is 1. The lowest BCUT2D eigenvalue weighted by atomic mass is 10.0. The molecule has 21 heavy (non-hydrogen) atoms. The highest BCUT2D eigenvalue weighted by atomic mass is 79.9. The molecule has 1 aromatic carbocycles. The Balaban J connectivity index is 2.33. The molecule has 5 nitrogen and oxygen atoms in total. The fraction of sp³-hybridized carbons (Fsp3) is 0.286. The monoisotopic (exact) mass is 372 g/mol. The van der Waals surface area contributed by atoms with Gasteiger partial charge in [-0.1, -0.05) is 26.0 Å². The number of hydrogen-bond donors (Lipinski definition) is 2. The second kappa shape index (κ2) is 6.21. The SMILES string of the molecule is CC(C)c1cccc(NS(=O)(=O)c2cc(CN)oc2Br)c1. The van der Waals surface area contributed by atoms with Crippen LogP contribution in [0.1, 0.15) is 31.1 Å². The van der Waals surface area contributed by atoms with E-state index in [1.165, 1.54) is 6.07 Å². The summed E-state index contributed by atoms with van der Waals surface area (Å²) >= 11 is 3.10. The van der Waals surface area contributed by atoms with Crippen LogP contribution in [0.5, 0.6) is 0 Å². The minimum atomic E-state index is -3.72. The molecule has 0 saturated heterocycles. The van der Waals surface area contributed by atoms with Gasteiger partial charge in [0, 0.05) is 11.8 Å². The van der Waals surface area contributed by atoms with Crippen molar-refractivity contribution in [1.82, 2.24) is 0 Å². The van der Waals surface area contributed by atoms with Gasteiger partial charge < -0.3 is 10.2 Å². The highest BCUT2D eigenvalue weighted by molar-refractivity contribution is 9.10. The lowest BCUT2D eigenvalue weighted by Crippen LogP contribution is -2.13. The number of nitrogens with two attached hydrogens (primary N) is 1. The molecule has 0 aliphatic carbocycles. The van der Waals surface area contributed by atoms with Crippen LogP contribution in [0.3, 0.4) is 0 Å². The Labute approximate surface area is 132 Å². The lowest BCUT2D eigenvalue weighted by molar-refractivity contribution is 0.484. The van der Waals surface area contributed by atoms with E-state index < -0.39 is 10.0 Å².